The van der Waals surface area contributed by atoms with E-state index >= 15 is 0 Å². The topological polar surface area (TPSA) is 61.4 Å². The van der Waals surface area contributed by atoms with E-state index in [4.69, 9.17) is 11.6 Å². The van der Waals surface area contributed by atoms with Gasteiger partial charge in [-0.2, -0.15) is 0 Å². The summed E-state index contributed by atoms with van der Waals surface area (Å²) in [6.45, 7) is 2.61. The predicted octanol–water partition coefficient (Wildman–Crippen LogP) is 3.05. The molecule has 0 aromatic heterocycles. The number of nitrogens with one attached hydrogen (secondary N) is 2. The summed E-state index contributed by atoms with van der Waals surface area (Å²) >= 11 is 5.87. The Bertz CT molecular complexity index is 470. The van der Waals surface area contributed by atoms with Gasteiger partial charge in [-0.1, -0.05) is 43.5 Å². The van der Waals surface area contributed by atoms with E-state index in [1.54, 1.807) is 0 Å². The minimum absolute atomic E-state index is 0.00710. The minimum Gasteiger partial charge on any atom is -0.394 e. The van der Waals surface area contributed by atoms with Crippen LogP contribution in [0.4, 0.5) is 4.79 Å². The smallest absolute Gasteiger partial charge is 0.315 e. The number of carbonyl (C=O) groups excluding carboxylic acids is 1. The lowest BCUT2D eigenvalue weighted by Crippen LogP contribution is -2.53. The molecule has 1 aromatic rings. The zero-order valence-corrected chi connectivity index (χ0v) is 13.1. The number of benzene rings is 1. The van der Waals surface area contributed by atoms with Crippen LogP contribution < -0.4 is 10.6 Å². The molecule has 2 rings (SSSR count). The molecule has 0 aliphatic heterocycles. The van der Waals surface area contributed by atoms with Gasteiger partial charge >= 0.3 is 6.03 Å². The van der Waals surface area contributed by atoms with E-state index in [1.807, 2.05) is 24.3 Å². The fourth-order valence-electron chi connectivity index (χ4n) is 2.81. The fourth-order valence-corrected chi connectivity index (χ4v) is 2.94. The molecule has 0 bridgehead atoms. The molecule has 2 amide bonds. The maximum absolute atomic E-state index is 12.0. The molecule has 1 aromatic carbocycles. The summed E-state index contributed by atoms with van der Waals surface area (Å²) in [7, 11) is 0. The normalized spacial score (nSPS) is 18.2. The van der Waals surface area contributed by atoms with Crippen molar-refractivity contribution in [3.63, 3.8) is 0 Å². The Balaban J connectivity index is 1.82. The molecule has 3 N–H and O–H groups in total. The van der Waals surface area contributed by atoms with Crippen LogP contribution in [0.15, 0.2) is 24.3 Å². The van der Waals surface area contributed by atoms with Crippen molar-refractivity contribution in [1.82, 2.24) is 10.6 Å². The van der Waals surface area contributed by atoms with Gasteiger partial charge in [-0.15, -0.1) is 0 Å². The number of aliphatic hydroxyl groups is 1. The molecular weight excluding hydrogens is 288 g/mol. The van der Waals surface area contributed by atoms with E-state index in [-0.39, 0.29) is 18.6 Å². The summed E-state index contributed by atoms with van der Waals surface area (Å²) in [5, 5.41) is 16.0. The molecule has 4 nitrogen and oxygen atoms in total. The molecule has 1 aliphatic carbocycles. The van der Waals surface area contributed by atoms with Gasteiger partial charge in [-0.3, -0.25) is 0 Å². The summed E-state index contributed by atoms with van der Waals surface area (Å²) < 4.78 is 0. The van der Waals surface area contributed by atoms with Crippen molar-refractivity contribution in [2.24, 2.45) is 0 Å². The SMILES string of the molecule is C[C@H](CNC(=O)NC1(CO)CCCC1)c1ccc(Cl)cc1. The van der Waals surface area contributed by atoms with Crippen LogP contribution in [-0.2, 0) is 0 Å². The quantitative estimate of drug-likeness (QED) is 0.783. The number of carbonyl (C=O) groups is 1. The van der Waals surface area contributed by atoms with E-state index in [1.165, 1.54) is 0 Å². The Kier molecular flexibility index (Phi) is 5.48. The Morgan fingerprint density at radius 1 is 1.33 bits per heavy atom. The van der Waals surface area contributed by atoms with Gasteiger partial charge in [0.05, 0.1) is 12.1 Å². The van der Waals surface area contributed by atoms with Crippen LogP contribution in [0.3, 0.4) is 0 Å². The van der Waals surface area contributed by atoms with E-state index in [9.17, 15) is 9.90 Å². The third-order valence-electron chi connectivity index (χ3n) is 4.25. The largest absolute Gasteiger partial charge is 0.394 e. The summed E-state index contributed by atoms with van der Waals surface area (Å²) in [6.07, 6.45) is 3.82. The average molecular weight is 311 g/mol. The Morgan fingerprint density at radius 3 is 2.52 bits per heavy atom. The second-order valence-electron chi connectivity index (χ2n) is 5.93. The number of aliphatic hydroxyl groups excluding tert-OH is 1. The van der Waals surface area contributed by atoms with Crippen LogP contribution in [0.1, 0.15) is 44.1 Å². The van der Waals surface area contributed by atoms with Crippen LogP contribution in [-0.4, -0.2) is 29.8 Å². The van der Waals surface area contributed by atoms with Gasteiger partial charge in [0, 0.05) is 11.6 Å². The number of rotatable bonds is 5. The van der Waals surface area contributed by atoms with Gasteiger partial charge in [0.25, 0.3) is 0 Å². The molecule has 1 atom stereocenters. The zero-order chi connectivity index (χ0) is 15.3. The van der Waals surface area contributed by atoms with Crippen LogP contribution >= 0.6 is 11.6 Å². The first kappa shape index (κ1) is 16.1. The van der Waals surface area contributed by atoms with Crippen molar-refractivity contribution in [1.29, 1.82) is 0 Å². The maximum atomic E-state index is 12.0. The van der Waals surface area contributed by atoms with Gasteiger partial charge in [0.15, 0.2) is 0 Å². The summed E-state index contributed by atoms with van der Waals surface area (Å²) in [6, 6.07) is 7.45. The van der Waals surface area contributed by atoms with Gasteiger partial charge in [-0.05, 0) is 36.5 Å². The monoisotopic (exact) mass is 310 g/mol. The standard InChI is InChI=1S/C16H23ClN2O2/c1-12(13-4-6-14(17)7-5-13)10-18-15(21)19-16(11-20)8-2-3-9-16/h4-7,12,20H,2-3,8-11H2,1H3,(H2,18,19,21)/t12-/m1/s1. The molecule has 0 saturated heterocycles. The second kappa shape index (κ2) is 7.14. The van der Waals surface area contributed by atoms with E-state index in [2.05, 4.69) is 17.6 Å². The highest BCUT2D eigenvalue weighted by atomic mass is 35.5. The first-order valence-corrected chi connectivity index (χ1v) is 7.85. The van der Waals surface area contributed by atoms with Crippen molar-refractivity contribution in [3.05, 3.63) is 34.9 Å². The molecular formula is C16H23ClN2O2. The highest BCUT2D eigenvalue weighted by Gasteiger charge is 2.34. The van der Waals surface area contributed by atoms with Gasteiger partial charge in [0.2, 0.25) is 0 Å². The lowest BCUT2D eigenvalue weighted by molar-refractivity contribution is 0.163. The van der Waals surface area contributed by atoms with Crippen molar-refractivity contribution in [2.45, 2.75) is 44.1 Å². The molecule has 21 heavy (non-hydrogen) atoms. The maximum Gasteiger partial charge on any atom is 0.315 e. The second-order valence-corrected chi connectivity index (χ2v) is 6.37. The van der Waals surface area contributed by atoms with Gasteiger partial charge < -0.3 is 15.7 Å². The molecule has 0 spiro atoms. The molecule has 1 aliphatic rings. The molecule has 0 unspecified atom stereocenters. The van der Waals surface area contributed by atoms with E-state index in [0.717, 1.165) is 31.2 Å². The van der Waals surface area contributed by atoms with Crippen LogP contribution in [0.5, 0.6) is 0 Å². The van der Waals surface area contributed by atoms with Crippen molar-refractivity contribution in [3.8, 4) is 0 Å². The number of urea groups is 1. The molecule has 1 saturated carbocycles. The van der Waals surface area contributed by atoms with Crippen LogP contribution in [0, 0.1) is 0 Å². The lowest BCUT2D eigenvalue weighted by Gasteiger charge is -2.28. The van der Waals surface area contributed by atoms with Crippen LogP contribution in [0.2, 0.25) is 5.02 Å². The minimum atomic E-state index is -0.423. The van der Waals surface area contributed by atoms with Crippen molar-refractivity contribution in [2.75, 3.05) is 13.2 Å². The highest BCUT2D eigenvalue weighted by Crippen LogP contribution is 2.28. The summed E-state index contributed by atoms with van der Waals surface area (Å²) in [5.74, 6) is 0.210. The molecule has 0 radical (unpaired) electrons. The zero-order valence-electron chi connectivity index (χ0n) is 12.4. The van der Waals surface area contributed by atoms with E-state index < -0.39 is 5.54 Å². The molecule has 0 heterocycles. The van der Waals surface area contributed by atoms with Gasteiger partial charge in [0.1, 0.15) is 0 Å². The van der Waals surface area contributed by atoms with Crippen molar-refractivity contribution < 1.29 is 9.90 Å². The number of amides is 2. The fraction of sp³-hybridized carbons (Fsp3) is 0.562. The third-order valence-corrected chi connectivity index (χ3v) is 4.50. The molecule has 1 fully saturated rings. The first-order valence-electron chi connectivity index (χ1n) is 7.47. The number of hydrogen-bond acceptors (Lipinski definition) is 2. The van der Waals surface area contributed by atoms with E-state index in [0.29, 0.717) is 11.6 Å². The predicted molar refractivity (Wildman–Crippen MR) is 84.7 cm³/mol. The van der Waals surface area contributed by atoms with Gasteiger partial charge in [-0.25, -0.2) is 4.79 Å². The Morgan fingerprint density at radius 2 is 1.95 bits per heavy atom. The number of hydrogen-bond donors (Lipinski definition) is 3. The summed E-state index contributed by atoms with van der Waals surface area (Å²) in [5.41, 5.74) is 0.713. The average Bonchev–Trinajstić information content (AvgIpc) is 2.94. The van der Waals surface area contributed by atoms with Crippen LogP contribution in [0.25, 0.3) is 0 Å². The third kappa shape index (κ3) is 4.35. The highest BCUT2D eigenvalue weighted by molar-refractivity contribution is 6.30. The molecule has 5 heteroatoms. The van der Waals surface area contributed by atoms with Crippen molar-refractivity contribution >= 4 is 17.6 Å². The lowest BCUT2D eigenvalue weighted by atomic mass is 9.99. The molecule has 116 valence electrons. The Labute approximate surface area is 130 Å². The Hall–Kier alpha value is -1.26. The number of halogens is 1. The first-order chi connectivity index (χ1) is 10.0. The summed E-state index contributed by atoms with van der Waals surface area (Å²) in [4.78, 5) is 12.0.